The zero-order valence-electron chi connectivity index (χ0n) is 10.3. The minimum Gasteiger partial charge on any atom is -0.660 e. The summed E-state index contributed by atoms with van der Waals surface area (Å²) in [5.74, 6) is 0.0853. The molecular weight excluding hydrogens is 238 g/mol. The highest BCUT2D eigenvalue weighted by molar-refractivity contribution is 5.66. The predicted octanol–water partition coefficient (Wildman–Crippen LogP) is 3.36. The van der Waals surface area contributed by atoms with Crippen LogP contribution < -0.4 is 4.68 Å². The van der Waals surface area contributed by atoms with Gasteiger partial charge in [0.1, 0.15) is 5.88 Å². The fourth-order valence-corrected chi connectivity index (χ4v) is 2.03. The highest BCUT2D eigenvalue weighted by Gasteiger charge is 2.20. The van der Waals surface area contributed by atoms with E-state index in [0.29, 0.717) is 12.2 Å². The lowest BCUT2D eigenvalue weighted by atomic mass is 10.1. The predicted molar refractivity (Wildman–Crippen MR) is 71.7 cm³/mol. The smallest absolute Gasteiger partial charge is 0.265 e. The Morgan fingerprint density at radius 1 is 0.947 bits per heavy atom. The summed E-state index contributed by atoms with van der Waals surface area (Å²) < 4.78 is 6.72. The van der Waals surface area contributed by atoms with E-state index in [1.165, 1.54) is 0 Å². The molecule has 0 spiro atoms. The van der Waals surface area contributed by atoms with Crippen LogP contribution in [0.1, 0.15) is 5.56 Å². The van der Waals surface area contributed by atoms with Gasteiger partial charge in [0.2, 0.25) is 6.54 Å². The summed E-state index contributed by atoms with van der Waals surface area (Å²) in [6.45, 7) is 0.591. The van der Waals surface area contributed by atoms with Crippen molar-refractivity contribution < 1.29 is 9.20 Å². The molecule has 0 atom stereocenters. The highest BCUT2D eigenvalue weighted by Crippen LogP contribution is 2.25. The lowest BCUT2D eigenvalue weighted by molar-refractivity contribution is -0.745. The zero-order valence-corrected chi connectivity index (χ0v) is 10.3. The number of nitrogens with zero attached hydrogens (tertiary/aromatic N) is 2. The maximum atomic E-state index is 7.84. The average Bonchev–Trinajstić information content (AvgIpc) is 2.82. The van der Waals surface area contributed by atoms with Crippen LogP contribution in [0.2, 0.25) is 0 Å². The number of hydrogen-bond acceptors (Lipinski definition) is 2. The van der Waals surface area contributed by atoms with E-state index in [0.717, 1.165) is 11.1 Å². The van der Waals surface area contributed by atoms with Gasteiger partial charge in [-0.2, -0.15) is 0 Å². The number of hydrogen-bond donors (Lipinski definition) is 0. The number of aromatic nitrogens is 2. The normalized spacial score (nSPS) is 10.5. The Kier molecular flexibility index (Phi) is 2.98. The lowest BCUT2D eigenvalue weighted by Gasteiger charge is -1.99. The van der Waals surface area contributed by atoms with Crippen molar-refractivity contribution >= 4 is 5.88 Å². The Labute approximate surface area is 111 Å². The summed E-state index contributed by atoms with van der Waals surface area (Å²) in [5, 5.41) is 3.94. The zero-order chi connectivity index (χ0) is 13.1. The molecule has 0 saturated carbocycles. The second-order valence-electron chi connectivity index (χ2n) is 4.26. The van der Waals surface area contributed by atoms with E-state index < -0.39 is 0 Å². The third-order valence-electron chi connectivity index (χ3n) is 2.93. The van der Waals surface area contributed by atoms with Gasteiger partial charge in [0.05, 0.1) is 5.56 Å². The fraction of sp³-hybridized carbons (Fsp3) is 0.0667. The second kappa shape index (κ2) is 4.94. The van der Waals surface area contributed by atoms with Crippen molar-refractivity contribution in [3.63, 3.8) is 0 Å². The molecule has 0 radical (unpaired) electrons. The Hall–Kier alpha value is -2.62. The van der Waals surface area contributed by atoms with Crippen LogP contribution in [-0.4, -0.2) is 5.27 Å². The van der Waals surface area contributed by atoms with Gasteiger partial charge in [-0.25, -0.2) is 0 Å². The van der Waals surface area contributed by atoms with Crippen LogP contribution in [0.3, 0.4) is 0 Å². The van der Waals surface area contributed by atoms with E-state index >= 15 is 0 Å². The monoisotopic (exact) mass is 251 g/mol. The lowest BCUT2D eigenvalue weighted by Crippen LogP contribution is -2.37. The molecule has 0 amide bonds. The number of benzene rings is 2. The molecule has 1 heterocycles. The SMILES string of the molecule is [NH-]c1on[n+](Cc2ccccc2)c1-c1ccccc1. The van der Waals surface area contributed by atoms with Crippen molar-refractivity contribution in [3.8, 4) is 11.3 Å². The summed E-state index contributed by atoms with van der Waals surface area (Å²) in [4.78, 5) is 0. The van der Waals surface area contributed by atoms with Gasteiger partial charge in [-0.15, -0.1) is 0 Å². The van der Waals surface area contributed by atoms with E-state index in [1.54, 1.807) is 4.68 Å². The molecule has 4 nitrogen and oxygen atoms in total. The van der Waals surface area contributed by atoms with Gasteiger partial charge < -0.3 is 10.3 Å². The molecule has 3 aromatic rings. The first-order valence-corrected chi connectivity index (χ1v) is 6.05. The minimum atomic E-state index is 0.0853. The molecule has 0 fully saturated rings. The third-order valence-corrected chi connectivity index (χ3v) is 2.93. The van der Waals surface area contributed by atoms with E-state index in [-0.39, 0.29) is 5.88 Å². The van der Waals surface area contributed by atoms with Gasteiger partial charge >= 0.3 is 0 Å². The summed E-state index contributed by atoms with van der Waals surface area (Å²) in [5.41, 5.74) is 10.6. The molecular formula is C15H13N3O. The summed E-state index contributed by atoms with van der Waals surface area (Å²) in [6.07, 6.45) is 0. The molecule has 1 N–H and O–H groups in total. The van der Waals surface area contributed by atoms with Gasteiger partial charge in [-0.3, -0.25) is 0 Å². The number of rotatable bonds is 3. The first kappa shape index (κ1) is 11.5. The molecule has 0 aliphatic rings. The quantitative estimate of drug-likeness (QED) is 0.670. The van der Waals surface area contributed by atoms with Gasteiger partial charge in [-0.1, -0.05) is 48.5 Å². The van der Waals surface area contributed by atoms with Crippen molar-refractivity contribution in [1.29, 1.82) is 0 Å². The molecule has 0 aliphatic carbocycles. The highest BCUT2D eigenvalue weighted by atomic mass is 16.5. The molecule has 19 heavy (non-hydrogen) atoms. The van der Waals surface area contributed by atoms with Crippen molar-refractivity contribution in [2.75, 3.05) is 0 Å². The van der Waals surface area contributed by atoms with Crippen molar-refractivity contribution in [3.05, 3.63) is 72.0 Å². The molecule has 4 heteroatoms. The molecule has 0 saturated heterocycles. The molecule has 2 aromatic carbocycles. The fourth-order valence-electron chi connectivity index (χ4n) is 2.03. The first-order valence-electron chi connectivity index (χ1n) is 6.05. The van der Waals surface area contributed by atoms with Crippen LogP contribution in [0.15, 0.2) is 65.2 Å². The van der Waals surface area contributed by atoms with Crippen molar-refractivity contribution in [1.82, 2.24) is 5.27 Å². The maximum Gasteiger partial charge on any atom is 0.265 e. The summed E-state index contributed by atoms with van der Waals surface area (Å²) in [6, 6.07) is 19.7. The molecule has 1 aromatic heterocycles. The Balaban J connectivity index is 2.00. The van der Waals surface area contributed by atoms with Crippen LogP contribution in [-0.2, 0) is 6.54 Å². The molecule has 0 unspecified atom stereocenters. The van der Waals surface area contributed by atoms with Crippen LogP contribution >= 0.6 is 0 Å². The molecule has 0 aliphatic heterocycles. The summed E-state index contributed by atoms with van der Waals surface area (Å²) >= 11 is 0. The van der Waals surface area contributed by atoms with Crippen LogP contribution in [0, 0.1) is 0 Å². The van der Waals surface area contributed by atoms with E-state index in [2.05, 4.69) is 5.27 Å². The Bertz CT molecular complexity index is 662. The largest absolute Gasteiger partial charge is 0.660 e. The van der Waals surface area contributed by atoms with Crippen molar-refractivity contribution in [2.45, 2.75) is 6.54 Å². The van der Waals surface area contributed by atoms with Crippen LogP contribution in [0.25, 0.3) is 17.0 Å². The van der Waals surface area contributed by atoms with Gasteiger partial charge in [0.25, 0.3) is 5.69 Å². The van der Waals surface area contributed by atoms with E-state index in [9.17, 15) is 0 Å². The van der Waals surface area contributed by atoms with Gasteiger partial charge in [0.15, 0.2) is 5.27 Å². The van der Waals surface area contributed by atoms with Gasteiger partial charge in [-0.05, 0) is 16.8 Å². The van der Waals surface area contributed by atoms with Gasteiger partial charge in [0, 0.05) is 5.56 Å². The van der Waals surface area contributed by atoms with Crippen LogP contribution in [0.5, 0.6) is 0 Å². The Morgan fingerprint density at radius 3 is 2.26 bits per heavy atom. The van der Waals surface area contributed by atoms with Crippen molar-refractivity contribution in [2.24, 2.45) is 0 Å². The minimum absolute atomic E-state index is 0.0853. The van der Waals surface area contributed by atoms with E-state index in [1.807, 2.05) is 60.7 Å². The molecule has 0 bridgehead atoms. The third kappa shape index (κ3) is 2.33. The average molecular weight is 251 g/mol. The standard InChI is InChI=1S/C15H13N3O/c16-15-14(13-9-5-2-6-10-13)18(17-19-15)11-12-7-3-1-4-8-12/h1-10,16H,11H2. The maximum absolute atomic E-state index is 7.84. The van der Waals surface area contributed by atoms with Crippen LogP contribution in [0.4, 0.5) is 5.88 Å². The molecule has 94 valence electrons. The second-order valence-corrected chi connectivity index (χ2v) is 4.26. The first-order chi connectivity index (χ1) is 9.34. The Morgan fingerprint density at radius 2 is 1.58 bits per heavy atom. The molecule has 3 rings (SSSR count). The van der Waals surface area contributed by atoms with E-state index in [4.69, 9.17) is 10.3 Å². The topological polar surface area (TPSA) is 53.7 Å². The number of nitrogens with one attached hydrogen (secondary N) is 1. The summed E-state index contributed by atoms with van der Waals surface area (Å²) in [7, 11) is 0.